The number of rotatable bonds is 7. The van der Waals surface area contributed by atoms with E-state index in [9.17, 15) is 9.59 Å². The Morgan fingerprint density at radius 1 is 1.13 bits per heavy atom. The third-order valence-corrected chi connectivity index (χ3v) is 4.78. The Kier molecular flexibility index (Phi) is 6.87. The van der Waals surface area contributed by atoms with Gasteiger partial charge >= 0.3 is 5.97 Å². The average molecular weight is 429 g/mol. The van der Waals surface area contributed by atoms with E-state index in [0.717, 1.165) is 16.5 Å². The zero-order chi connectivity index (χ0) is 21.7. The molecule has 1 N–H and O–H groups in total. The maximum Gasteiger partial charge on any atom is 0.340 e. The van der Waals surface area contributed by atoms with Crippen LogP contribution >= 0.6 is 11.6 Å². The highest BCUT2D eigenvalue weighted by atomic mass is 35.5. The number of hydrogen-bond donors (Lipinski definition) is 1. The van der Waals surface area contributed by atoms with Gasteiger partial charge in [-0.3, -0.25) is 4.79 Å². The molecule has 0 radical (unpaired) electrons. The molecule has 0 aliphatic carbocycles. The van der Waals surface area contributed by atoms with E-state index in [1.165, 1.54) is 14.2 Å². The van der Waals surface area contributed by atoms with Crippen molar-refractivity contribution >= 4 is 40.1 Å². The molecule has 1 aromatic heterocycles. The number of pyridine rings is 1. The number of carbonyl (C=O) groups is 2. The van der Waals surface area contributed by atoms with Gasteiger partial charge < -0.3 is 19.5 Å². The number of amides is 1. The largest absolute Gasteiger partial charge is 0.495 e. The summed E-state index contributed by atoms with van der Waals surface area (Å²) in [4.78, 5) is 29.5. The van der Waals surface area contributed by atoms with Crippen molar-refractivity contribution in [2.24, 2.45) is 0 Å². The lowest BCUT2D eigenvalue weighted by atomic mass is 10.0. The summed E-state index contributed by atoms with van der Waals surface area (Å²) in [7, 11) is 3.02. The van der Waals surface area contributed by atoms with Gasteiger partial charge in [0.2, 0.25) is 0 Å². The number of hydrogen-bond acceptors (Lipinski definition) is 6. The maximum atomic E-state index is 12.8. The zero-order valence-electron chi connectivity index (χ0n) is 16.8. The lowest BCUT2D eigenvalue weighted by Crippen LogP contribution is -2.22. The van der Waals surface area contributed by atoms with Gasteiger partial charge in [-0.05, 0) is 36.8 Å². The van der Waals surface area contributed by atoms with Crippen LogP contribution in [0.4, 0.5) is 5.69 Å². The van der Waals surface area contributed by atoms with Crippen molar-refractivity contribution in [1.82, 2.24) is 4.98 Å². The Balaban J connectivity index is 1.74. The van der Waals surface area contributed by atoms with Crippen molar-refractivity contribution in [2.75, 3.05) is 26.1 Å². The Labute approximate surface area is 178 Å². The van der Waals surface area contributed by atoms with Gasteiger partial charge in [0.1, 0.15) is 5.75 Å². The third kappa shape index (κ3) is 4.69. The van der Waals surface area contributed by atoms with E-state index in [1.54, 1.807) is 18.2 Å². The summed E-state index contributed by atoms with van der Waals surface area (Å²) in [6.45, 7) is 1.51. The van der Waals surface area contributed by atoms with Crippen LogP contribution in [0.3, 0.4) is 0 Å². The molecule has 0 aliphatic heterocycles. The molecule has 0 aliphatic rings. The fraction of sp³-hybridized carbons (Fsp3) is 0.227. The van der Waals surface area contributed by atoms with Gasteiger partial charge in [0.15, 0.2) is 6.61 Å². The molecule has 0 saturated carbocycles. The Morgan fingerprint density at radius 2 is 1.90 bits per heavy atom. The van der Waals surface area contributed by atoms with Crippen LogP contribution in [0.5, 0.6) is 5.75 Å². The van der Waals surface area contributed by atoms with Gasteiger partial charge in [-0.15, -0.1) is 0 Å². The van der Waals surface area contributed by atoms with Crippen molar-refractivity contribution in [3.05, 3.63) is 64.3 Å². The van der Waals surface area contributed by atoms with Gasteiger partial charge in [-0.1, -0.05) is 29.8 Å². The first-order chi connectivity index (χ1) is 14.4. The smallest absolute Gasteiger partial charge is 0.340 e. The first kappa shape index (κ1) is 21.5. The van der Waals surface area contributed by atoms with Crippen LogP contribution in [-0.4, -0.2) is 37.7 Å². The van der Waals surface area contributed by atoms with Crippen molar-refractivity contribution in [3.8, 4) is 5.75 Å². The summed E-state index contributed by atoms with van der Waals surface area (Å²) in [5.74, 6) is -0.643. The highest BCUT2D eigenvalue weighted by molar-refractivity contribution is 6.32. The molecule has 8 heteroatoms. The lowest BCUT2D eigenvalue weighted by Gasteiger charge is -2.14. The number of ether oxygens (including phenoxy) is 3. The fourth-order valence-corrected chi connectivity index (χ4v) is 3.35. The van der Waals surface area contributed by atoms with E-state index in [4.69, 9.17) is 25.8 Å². The van der Waals surface area contributed by atoms with E-state index in [-0.39, 0.29) is 6.61 Å². The number of para-hydroxylation sites is 1. The first-order valence-corrected chi connectivity index (χ1v) is 9.50. The number of anilines is 1. The quantitative estimate of drug-likeness (QED) is 0.569. The molecular formula is C22H21ClN2O5. The Bertz CT molecular complexity index is 1100. The van der Waals surface area contributed by atoms with Crippen molar-refractivity contribution < 1.29 is 23.8 Å². The molecule has 3 rings (SSSR count). The fourth-order valence-electron chi connectivity index (χ4n) is 3.10. The van der Waals surface area contributed by atoms with Gasteiger partial charge in [0.05, 0.1) is 35.5 Å². The number of nitrogens with one attached hydrogen (secondary N) is 1. The molecular weight excluding hydrogens is 408 g/mol. The van der Waals surface area contributed by atoms with Crippen LogP contribution in [0.15, 0.2) is 42.5 Å². The van der Waals surface area contributed by atoms with Crippen LogP contribution < -0.4 is 10.1 Å². The van der Waals surface area contributed by atoms with Gasteiger partial charge in [-0.25, -0.2) is 9.78 Å². The van der Waals surface area contributed by atoms with E-state index in [0.29, 0.717) is 27.7 Å². The van der Waals surface area contributed by atoms with E-state index in [1.807, 2.05) is 31.2 Å². The van der Waals surface area contributed by atoms with E-state index < -0.39 is 18.5 Å². The van der Waals surface area contributed by atoms with E-state index in [2.05, 4.69) is 10.3 Å². The molecule has 3 aromatic rings. The highest BCUT2D eigenvalue weighted by Gasteiger charge is 2.21. The number of carbonyl (C=O) groups excluding carboxylic acids is 2. The molecule has 7 nitrogen and oxygen atoms in total. The minimum Gasteiger partial charge on any atom is -0.495 e. The number of fused-ring (bicyclic) bond motifs is 1. The van der Waals surface area contributed by atoms with Gasteiger partial charge in [0.25, 0.3) is 5.91 Å². The number of esters is 1. The number of methoxy groups -OCH3 is 2. The topological polar surface area (TPSA) is 86.8 Å². The van der Waals surface area contributed by atoms with E-state index >= 15 is 0 Å². The molecule has 30 heavy (non-hydrogen) atoms. The maximum absolute atomic E-state index is 12.8. The SMILES string of the molecule is COCc1nc2ccccc2c(C)c1C(=O)OCC(=O)Nc1ccc(OC)c(Cl)c1. The van der Waals surface area contributed by atoms with Crippen LogP contribution in [0.2, 0.25) is 5.02 Å². The number of nitrogens with zero attached hydrogens (tertiary/aromatic N) is 1. The van der Waals surface area contributed by atoms with Crippen molar-refractivity contribution in [3.63, 3.8) is 0 Å². The number of halogens is 1. The summed E-state index contributed by atoms with van der Waals surface area (Å²) >= 11 is 6.05. The summed E-state index contributed by atoms with van der Waals surface area (Å²) in [5.41, 5.74) is 2.70. The van der Waals surface area contributed by atoms with Gasteiger partial charge in [0, 0.05) is 18.2 Å². The molecule has 156 valence electrons. The van der Waals surface area contributed by atoms with Crippen LogP contribution in [0.25, 0.3) is 10.9 Å². The minimum absolute atomic E-state index is 0.145. The molecule has 1 heterocycles. The number of benzene rings is 2. The normalized spacial score (nSPS) is 10.7. The lowest BCUT2D eigenvalue weighted by molar-refractivity contribution is -0.119. The minimum atomic E-state index is -0.638. The predicted octanol–water partition coefficient (Wildman–Crippen LogP) is 4.15. The molecule has 0 bridgehead atoms. The molecule has 1 amide bonds. The number of aromatic nitrogens is 1. The second-order valence-electron chi connectivity index (χ2n) is 6.48. The molecule has 0 fully saturated rings. The Morgan fingerprint density at radius 3 is 2.60 bits per heavy atom. The molecule has 0 spiro atoms. The van der Waals surface area contributed by atoms with Crippen LogP contribution in [-0.2, 0) is 20.9 Å². The first-order valence-electron chi connectivity index (χ1n) is 9.12. The second kappa shape index (κ2) is 9.56. The van der Waals surface area contributed by atoms with Crippen molar-refractivity contribution in [2.45, 2.75) is 13.5 Å². The summed E-state index contributed by atoms with van der Waals surface area (Å²) < 4.78 is 15.5. The Hall–Kier alpha value is -3.16. The molecule has 0 atom stereocenters. The molecule has 0 unspecified atom stereocenters. The van der Waals surface area contributed by atoms with Crippen LogP contribution in [0.1, 0.15) is 21.6 Å². The summed E-state index contributed by atoms with van der Waals surface area (Å²) in [6, 6.07) is 12.3. The standard InChI is InChI=1S/C22H21ClN2O5/c1-13-15-6-4-5-7-17(15)25-18(11-28-2)21(13)22(27)30-12-20(26)24-14-8-9-19(29-3)16(23)10-14/h4-10H,11-12H2,1-3H3,(H,24,26). The zero-order valence-corrected chi connectivity index (χ0v) is 17.6. The predicted molar refractivity (Wildman–Crippen MR) is 114 cm³/mol. The summed E-state index contributed by atoms with van der Waals surface area (Å²) in [5, 5.41) is 3.82. The average Bonchev–Trinajstić information content (AvgIpc) is 2.73. The highest BCUT2D eigenvalue weighted by Crippen LogP contribution is 2.27. The van der Waals surface area contributed by atoms with Crippen LogP contribution in [0, 0.1) is 6.92 Å². The molecule has 0 saturated heterocycles. The third-order valence-electron chi connectivity index (χ3n) is 4.48. The monoisotopic (exact) mass is 428 g/mol. The second-order valence-corrected chi connectivity index (χ2v) is 6.89. The van der Waals surface area contributed by atoms with Crippen molar-refractivity contribution in [1.29, 1.82) is 0 Å². The number of aryl methyl sites for hydroxylation is 1. The molecule has 2 aromatic carbocycles. The summed E-state index contributed by atoms with van der Waals surface area (Å²) in [6.07, 6.45) is 0. The van der Waals surface area contributed by atoms with Gasteiger partial charge in [-0.2, -0.15) is 0 Å².